The zero-order chi connectivity index (χ0) is 17.5. The molecule has 128 valence electrons. The first kappa shape index (κ1) is 17.0. The molecular weight excluding hydrogens is 312 g/mol. The van der Waals surface area contributed by atoms with Crippen LogP contribution in [0.25, 0.3) is 0 Å². The van der Waals surface area contributed by atoms with Crippen molar-refractivity contribution in [2.75, 3.05) is 11.9 Å². The number of nitrogens with one attached hydrogen (secondary N) is 1. The molecule has 1 heterocycles. The molecule has 0 bridgehead atoms. The van der Waals surface area contributed by atoms with E-state index >= 15 is 0 Å². The number of amides is 1. The van der Waals surface area contributed by atoms with Crippen molar-refractivity contribution in [1.82, 2.24) is 0 Å². The molecule has 3 rings (SSSR count). The van der Waals surface area contributed by atoms with Gasteiger partial charge >= 0.3 is 0 Å². The molecule has 0 spiro atoms. The van der Waals surface area contributed by atoms with E-state index in [2.05, 4.69) is 10.6 Å². The van der Waals surface area contributed by atoms with Gasteiger partial charge in [0.1, 0.15) is 5.76 Å². The number of hydrogen-bond acceptors (Lipinski definition) is 2. The summed E-state index contributed by atoms with van der Waals surface area (Å²) >= 11 is 0. The van der Waals surface area contributed by atoms with Crippen molar-refractivity contribution in [3.05, 3.63) is 89.9 Å². The van der Waals surface area contributed by atoms with Crippen LogP contribution in [-0.2, 0) is 11.2 Å². The van der Waals surface area contributed by atoms with E-state index in [0.29, 0.717) is 0 Å². The molecule has 4 heteroatoms. The molecule has 1 atom stereocenters. The van der Waals surface area contributed by atoms with Gasteiger partial charge in [-0.25, -0.2) is 0 Å². The number of carbonyl (C=O) groups is 1. The largest absolute Gasteiger partial charge is 0.469 e. The molecule has 25 heavy (non-hydrogen) atoms. The van der Waals surface area contributed by atoms with Crippen molar-refractivity contribution < 1.29 is 14.5 Å². The highest BCUT2D eigenvalue weighted by Gasteiger charge is 2.24. The van der Waals surface area contributed by atoms with Gasteiger partial charge in [0.15, 0.2) is 6.04 Å². The number of carbonyl (C=O) groups excluding carboxylic acids is 1. The fraction of sp³-hybridized carbons (Fsp3) is 0.190. The fourth-order valence-electron chi connectivity index (χ4n) is 2.76. The lowest BCUT2D eigenvalue weighted by Gasteiger charge is -2.16. The maximum Gasteiger partial charge on any atom is 0.287 e. The molecule has 3 aromatic rings. The van der Waals surface area contributed by atoms with Gasteiger partial charge in [-0.1, -0.05) is 48.0 Å². The minimum absolute atomic E-state index is 0.0190. The summed E-state index contributed by atoms with van der Waals surface area (Å²) in [5.74, 6) is 0.913. The molecule has 0 aliphatic rings. The predicted molar refractivity (Wildman–Crippen MR) is 98.2 cm³/mol. The van der Waals surface area contributed by atoms with Gasteiger partial charge in [0.25, 0.3) is 5.91 Å². The van der Waals surface area contributed by atoms with Crippen LogP contribution < -0.4 is 10.6 Å². The van der Waals surface area contributed by atoms with Crippen molar-refractivity contribution in [3.8, 4) is 0 Å². The van der Waals surface area contributed by atoms with E-state index in [1.807, 2.05) is 73.7 Å². The summed E-state index contributed by atoms with van der Waals surface area (Å²) in [5.41, 5.74) is 2.98. The van der Waals surface area contributed by atoms with Crippen LogP contribution in [0.2, 0.25) is 0 Å². The van der Waals surface area contributed by atoms with Crippen LogP contribution in [0, 0.1) is 6.92 Å². The van der Waals surface area contributed by atoms with Crippen LogP contribution >= 0.6 is 0 Å². The SMILES string of the molecule is Cc1ccc(NC(=O)[C@H]([NH2+]CCc2ccco2)c2ccccc2)cc1. The summed E-state index contributed by atoms with van der Waals surface area (Å²) in [7, 11) is 0. The van der Waals surface area contributed by atoms with E-state index in [1.54, 1.807) is 6.26 Å². The summed E-state index contributed by atoms with van der Waals surface area (Å²) in [5, 5.41) is 5.07. The summed E-state index contributed by atoms with van der Waals surface area (Å²) in [4.78, 5) is 12.8. The highest BCUT2D eigenvalue weighted by molar-refractivity contribution is 5.94. The number of benzene rings is 2. The minimum Gasteiger partial charge on any atom is -0.469 e. The molecule has 0 fully saturated rings. The Balaban J connectivity index is 1.68. The van der Waals surface area contributed by atoms with Crippen molar-refractivity contribution in [2.45, 2.75) is 19.4 Å². The summed E-state index contributed by atoms with van der Waals surface area (Å²) < 4.78 is 5.37. The van der Waals surface area contributed by atoms with Gasteiger partial charge in [0.05, 0.1) is 19.2 Å². The molecule has 0 radical (unpaired) electrons. The lowest BCUT2D eigenvalue weighted by molar-refractivity contribution is -0.682. The second-order valence-corrected chi connectivity index (χ2v) is 6.10. The molecule has 1 aromatic heterocycles. The molecule has 0 saturated carbocycles. The molecule has 0 unspecified atom stereocenters. The smallest absolute Gasteiger partial charge is 0.287 e. The van der Waals surface area contributed by atoms with Crippen LogP contribution in [-0.4, -0.2) is 12.5 Å². The quantitative estimate of drug-likeness (QED) is 0.697. The standard InChI is InChI=1S/C21H22N2O2/c1-16-9-11-18(12-10-16)23-21(24)20(17-6-3-2-4-7-17)22-14-13-19-8-5-15-25-19/h2-12,15,20,22H,13-14H2,1H3,(H,23,24)/p+1/t20-/m1/s1. The maximum absolute atomic E-state index is 12.8. The van der Waals surface area contributed by atoms with Crippen molar-refractivity contribution in [3.63, 3.8) is 0 Å². The highest BCUT2D eigenvalue weighted by Crippen LogP contribution is 2.14. The van der Waals surface area contributed by atoms with E-state index in [9.17, 15) is 4.79 Å². The number of quaternary nitrogens is 1. The number of nitrogens with two attached hydrogens (primary N) is 1. The average Bonchev–Trinajstić information content (AvgIpc) is 3.15. The first-order valence-corrected chi connectivity index (χ1v) is 8.50. The number of aryl methyl sites for hydroxylation is 1. The molecule has 4 nitrogen and oxygen atoms in total. The number of anilines is 1. The predicted octanol–water partition coefficient (Wildman–Crippen LogP) is 3.07. The van der Waals surface area contributed by atoms with Gasteiger partial charge in [0.2, 0.25) is 0 Å². The van der Waals surface area contributed by atoms with Gasteiger partial charge in [-0.2, -0.15) is 0 Å². The van der Waals surface area contributed by atoms with Crippen molar-refractivity contribution in [2.24, 2.45) is 0 Å². The normalized spacial score (nSPS) is 11.9. The lowest BCUT2D eigenvalue weighted by Crippen LogP contribution is -2.87. The summed E-state index contributed by atoms with van der Waals surface area (Å²) in [6.07, 6.45) is 2.46. The van der Waals surface area contributed by atoms with E-state index in [4.69, 9.17) is 4.42 Å². The third-order valence-electron chi connectivity index (χ3n) is 4.13. The van der Waals surface area contributed by atoms with Crippen LogP contribution in [0.15, 0.2) is 77.4 Å². The maximum atomic E-state index is 12.8. The van der Waals surface area contributed by atoms with Crippen molar-refractivity contribution in [1.29, 1.82) is 0 Å². The molecule has 2 aromatic carbocycles. The van der Waals surface area contributed by atoms with E-state index < -0.39 is 0 Å². The molecule has 0 saturated heterocycles. The monoisotopic (exact) mass is 335 g/mol. The Morgan fingerprint density at radius 3 is 2.48 bits per heavy atom. The van der Waals surface area contributed by atoms with Crippen LogP contribution in [0.4, 0.5) is 5.69 Å². The average molecular weight is 335 g/mol. The molecular formula is C21H23N2O2+. The second-order valence-electron chi connectivity index (χ2n) is 6.10. The van der Waals surface area contributed by atoms with Crippen LogP contribution in [0.3, 0.4) is 0 Å². The molecule has 3 N–H and O–H groups in total. The Hall–Kier alpha value is -2.85. The Bertz CT molecular complexity index is 781. The van der Waals surface area contributed by atoms with Crippen LogP contribution in [0.5, 0.6) is 0 Å². The van der Waals surface area contributed by atoms with Gasteiger partial charge in [-0.05, 0) is 31.2 Å². The second kappa shape index (κ2) is 8.31. The Labute approximate surface area is 147 Å². The minimum atomic E-state index is -0.294. The third-order valence-corrected chi connectivity index (χ3v) is 4.13. The van der Waals surface area contributed by atoms with Gasteiger partial charge < -0.3 is 15.1 Å². The van der Waals surface area contributed by atoms with E-state index in [-0.39, 0.29) is 11.9 Å². The Morgan fingerprint density at radius 2 is 1.80 bits per heavy atom. The highest BCUT2D eigenvalue weighted by atomic mass is 16.3. The van der Waals surface area contributed by atoms with Crippen molar-refractivity contribution >= 4 is 11.6 Å². The summed E-state index contributed by atoms with van der Waals surface area (Å²) in [6.45, 7) is 2.80. The number of hydrogen-bond donors (Lipinski definition) is 2. The fourth-order valence-corrected chi connectivity index (χ4v) is 2.76. The Morgan fingerprint density at radius 1 is 1.04 bits per heavy atom. The lowest BCUT2D eigenvalue weighted by atomic mass is 10.1. The van der Waals surface area contributed by atoms with Crippen LogP contribution in [0.1, 0.15) is 22.9 Å². The van der Waals surface area contributed by atoms with E-state index in [1.165, 1.54) is 5.56 Å². The Kier molecular flexibility index (Phi) is 5.65. The molecule has 1 amide bonds. The zero-order valence-corrected chi connectivity index (χ0v) is 14.3. The zero-order valence-electron chi connectivity index (χ0n) is 14.3. The van der Waals surface area contributed by atoms with Gasteiger partial charge in [-0.15, -0.1) is 0 Å². The summed E-state index contributed by atoms with van der Waals surface area (Å²) in [6, 6.07) is 21.2. The van der Waals surface area contributed by atoms with Gasteiger partial charge in [-0.3, -0.25) is 4.79 Å². The number of furan rings is 1. The first-order chi connectivity index (χ1) is 12.2. The van der Waals surface area contributed by atoms with Gasteiger partial charge in [0, 0.05) is 11.3 Å². The number of rotatable bonds is 7. The topological polar surface area (TPSA) is 58.9 Å². The third kappa shape index (κ3) is 4.81. The first-order valence-electron chi connectivity index (χ1n) is 8.50. The van der Waals surface area contributed by atoms with E-state index in [0.717, 1.165) is 30.0 Å². The molecule has 0 aliphatic carbocycles. The molecule has 0 aliphatic heterocycles.